The third-order valence-electron chi connectivity index (χ3n) is 1.65. The Morgan fingerprint density at radius 2 is 2.40 bits per heavy atom. The quantitative estimate of drug-likeness (QED) is 0.557. The molecule has 0 saturated carbocycles. The van der Waals surface area contributed by atoms with E-state index in [1.165, 1.54) is 0 Å². The Bertz CT molecular complexity index is 137. The summed E-state index contributed by atoms with van der Waals surface area (Å²) in [6.45, 7) is 0. The first kappa shape index (κ1) is 7.60. The number of carbonyl (C=O) groups is 1. The van der Waals surface area contributed by atoms with Crippen molar-refractivity contribution in [1.82, 2.24) is 0 Å². The molecular weight excluding hydrogens is 131 g/mol. The van der Waals surface area contributed by atoms with E-state index in [-0.39, 0.29) is 6.10 Å². The van der Waals surface area contributed by atoms with Crippen molar-refractivity contribution >= 4 is 13.8 Å². The van der Waals surface area contributed by atoms with Crippen LogP contribution in [0, 0.1) is 0 Å². The van der Waals surface area contributed by atoms with Gasteiger partial charge in [0, 0.05) is 0 Å². The summed E-state index contributed by atoms with van der Waals surface area (Å²) < 4.78 is 5.05. The average Bonchev–Trinajstić information content (AvgIpc) is 2.34. The maximum atomic E-state index is 10.3. The first-order valence-corrected chi connectivity index (χ1v) is 3.32. The van der Waals surface area contributed by atoms with Crippen LogP contribution < -0.4 is 0 Å². The third kappa shape index (κ3) is 1.50. The van der Waals surface area contributed by atoms with Crippen molar-refractivity contribution in [3.05, 3.63) is 0 Å². The van der Waals surface area contributed by atoms with E-state index in [2.05, 4.69) is 0 Å². The molecule has 54 valence electrons. The number of carboxylic acids is 1. The Kier molecular flexibility index (Phi) is 2.32. The van der Waals surface area contributed by atoms with Crippen LogP contribution in [0.1, 0.15) is 12.8 Å². The molecule has 0 aromatic carbocycles. The molecule has 0 bridgehead atoms. The maximum Gasteiger partial charge on any atom is 0.332 e. The molecule has 1 heterocycles. The number of aliphatic carboxylic acids is 1. The number of ether oxygens (including phenoxy) is 1. The Morgan fingerprint density at radius 1 is 1.70 bits per heavy atom. The van der Waals surface area contributed by atoms with Crippen LogP contribution >= 0.6 is 0 Å². The summed E-state index contributed by atoms with van der Waals surface area (Å²) in [5.41, 5.74) is 0. The molecule has 10 heavy (non-hydrogen) atoms. The molecule has 2 atom stereocenters. The fraction of sp³-hybridized carbons (Fsp3) is 0.833. The zero-order chi connectivity index (χ0) is 7.56. The van der Waals surface area contributed by atoms with Gasteiger partial charge in [-0.15, -0.1) is 0 Å². The average molecular weight is 140 g/mol. The van der Waals surface area contributed by atoms with E-state index in [9.17, 15) is 4.79 Å². The Labute approximate surface area is 60.8 Å². The summed E-state index contributed by atoms with van der Waals surface area (Å²) >= 11 is 0. The lowest BCUT2D eigenvalue weighted by Gasteiger charge is -2.06. The van der Waals surface area contributed by atoms with Crippen LogP contribution in [0.15, 0.2) is 0 Å². The Morgan fingerprint density at radius 3 is 2.70 bits per heavy atom. The van der Waals surface area contributed by atoms with Crippen molar-refractivity contribution in [2.75, 3.05) is 0 Å². The minimum atomic E-state index is -0.879. The zero-order valence-corrected chi connectivity index (χ0v) is 5.62. The minimum absolute atomic E-state index is 0.0406. The van der Waals surface area contributed by atoms with Crippen LogP contribution in [0.3, 0.4) is 0 Å². The second-order valence-corrected chi connectivity index (χ2v) is 2.40. The van der Waals surface area contributed by atoms with Crippen LogP contribution in [-0.4, -0.2) is 31.1 Å². The molecule has 1 rings (SSSR count). The van der Waals surface area contributed by atoms with Crippen molar-refractivity contribution in [2.24, 2.45) is 0 Å². The molecule has 1 aliphatic rings. The Balaban J connectivity index is 2.35. The topological polar surface area (TPSA) is 46.5 Å². The van der Waals surface area contributed by atoms with Crippen molar-refractivity contribution < 1.29 is 14.6 Å². The zero-order valence-electron chi connectivity index (χ0n) is 5.62. The van der Waals surface area contributed by atoms with Gasteiger partial charge in [-0.2, -0.15) is 0 Å². The molecule has 0 aliphatic carbocycles. The highest BCUT2D eigenvalue weighted by Crippen LogP contribution is 2.21. The smallest absolute Gasteiger partial charge is 0.332 e. The van der Waals surface area contributed by atoms with E-state index >= 15 is 0 Å². The van der Waals surface area contributed by atoms with Crippen molar-refractivity contribution in [3.8, 4) is 0 Å². The molecule has 1 aliphatic heterocycles. The highest BCUT2D eigenvalue weighted by atomic mass is 16.5. The van der Waals surface area contributed by atoms with Crippen molar-refractivity contribution in [3.63, 3.8) is 0 Å². The van der Waals surface area contributed by atoms with Crippen LogP contribution in [0.4, 0.5) is 0 Å². The van der Waals surface area contributed by atoms with Gasteiger partial charge in [0.1, 0.15) is 0 Å². The molecule has 0 aromatic heterocycles. The number of hydrogen-bond donors (Lipinski definition) is 1. The Hall–Kier alpha value is -0.505. The van der Waals surface area contributed by atoms with Gasteiger partial charge in [-0.1, -0.05) is 6.32 Å². The lowest BCUT2D eigenvalue weighted by molar-refractivity contribution is -0.149. The summed E-state index contributed by atoms with van der Waals surface area (Å²) in [7, 11) is 5.28. The van der Waals surface area contributed by atoms with Gasteiger partial charge in [0.15, 0.2) is 6.10 Å². The molecular formula is C6H9BO3. The predicted octanol–water partition coefficient (Wildman–Crippen LogP) is 0.205. The number of rotatable bonds is 2. The molecule has 0 aromatic rings. The van der Waals surface area contributed by atoms with E-state index in [0.29, 0.717) is 12.7 Å². The van der Waals surface area contributed by atoms with E-state index in [1.807, 2.05) is 0 Å². The number of carboxylic acid groups (broad SMARTS) is 1. The van der Waals surface area contributed by atoms with Crippen LogP contribution in [0.25, 0.3) is 0 Å². The maximum absolute atomic E-state index is 10.3. The molecule has 1 fully saturated rings. The van der Waals surface area contributed by atoms with E-state index in [0.717, 1.165) is 6.42 Å². The summed E-state index contributed by atoms with van der Waals surface area (Å²) in [6, 6.07) is 0. The largest absolute Gasteiger partial charge is 0.479 e. The highest BCUT2D eigenvalue weighted by molar-refractivity contribution is 6.08. The van der Waals surface area contributed by atoms with Gasteiger partial charge in [-0.25, -0.2) is 4.79 Å². The van der Waals surface area contributed by atoms with Gasteiger partial charge in [0.25, 0.3) is 0 Å². The molecule has 1 saturated heterocycles. The summed E-state index contributed by atoms with van der Waals surface area (Å²) in [4.78, 5) is 10.3. The van der Waals surface area contributed by atoms with Gasteiger partial charge >= 0.3 is 5.97 Å². The van der Waals surface area contributed by atoms with Crippen LogP contribution in [-0.2, 0) is 9.53 Å². The van der Waals surface area contributed by atoms with Gasteiger partial charge < -0.3 is 9.84 Å². The van der Waals surface area contributed by atoms with Gasteiger partial charge in [0.05, 0.1) is 14.0 Å². The fourth-order valence-corrected chi connectivity index (χ4v) is 1.06. The van der Waals surface area contributed by atoms with E-state index < -0.39 is 12.1 Å². The predicted molar refractivity (Wildman–Crippen MR) is 36.1 cm³/mol. The van der Waals surface area contributed by atoms with Crippen molar-refractivity contribution in [2.45, 2.75) is 31.4 Å². The van der Waals surface area contributed by atoms with Gasteiger partial charge in [0.2, 0.25) is 0 Å². The first-order chi connectivity index (χ1) is 4.74. The van der Waals surface area contributed by atoms with Crippen LogP contribution in [0.5, 0.6) is 0 Å². The highest BCUT2D eigenvalue weighted by Gasteiger charge is 2.28. The van der Waals surface area contributed by atoms with E-state index in [1.54, 1.807) is 0 Å². The number of hydrogen-bond acceptors (Lipinski definition) is 2. The second-order valence-electron chi connectivity index (χ2n) is 2.40. The first-order valence-electron chi connectivity index (χ1n) is 3.32. The molecule has 2 unspecified atom stereocenters. The van der Waals surface area contributed by atoms with Gasteiger partial charge in [-0.05, 0) is 12.8 Å². The van der Waals surface area contributed by atoms with Gasteiger partial charge in [-0.3, -0.25) is 0 Å². The van der Waals surface area contributed by atoms with Crippen molar-refractivity contribution in [1.29, 1.82) is 0 Å². The molecule has 4 heteroatoms. The molecule has 0 amide bonds. The summed E-state index contributed by atoms with van der Waals surface area (Å²) in [6.07, 6.45) is 1.13. The lowest BCUT2D eigenvalue weighted by Crippen LogP contribution is -2.20. The monoisotopic (exact) mass is 140 g/mol. The SMILES string of the molecule is [B]CC1CCC(C(=O)O)O1. The summed E-state index contributed by atoms with van der Waals surface area (Å²) in [5, 5.41) is 8.46. The summed E-state index contributed by atoms with van der Waals surface area (Å²) in [5.74, 6) is -0.879. The second kappa shape index (κ2) is 3.06. The van der Waals surface area contributed by atoms with E-state index in [4.69, 9.17) is 17.7 Å². The molecule has 1 N–H and O–H groups in total. The molecule has 0 spiro atoms. The standard InChI is InChI=1S/C6H9BO3/c7-3-4-1-2-5(10-4)6(8)9/h4-5H,1-3H2,(H,8,9). The fourth-order valence-electron chi connectivity index (χ4n) is 1.06. The third-order valence-corrected chi connectivity index (χ3v) is 1.65. The molecule has 3 nitrogen and oxygen atoms in total. The normalized spacial score (nSPS) is 32.4. The van der Waals surface area contributed by atoms with Crippen LogP contribution in [0.2, 0.25) is 6.32 Å². The lowest BCUT2D eigenvalue weighted by atomic mass is 9.98. The molecule has 2 radical (unpaired) electrons. The minimum Gasteiger partial charge on any atom is -0.479 e.